The summed E-state index contributed by atoms with van der Waals surface area (Å²) in [5.41, 5.74) is 9.21. The molecule has 1 fully saturated rings. The first-order chi connectivity index (χ1) is 5.79. The Bertz CT molecular complexity index is 243. The summed E-state index contributed by atoms with van der Waals surface area (Å²) in [5, 5.41) is 8.75. The van der Waals surface area contributed by atoms with Crippen molar-refractivity contribution < 1.29 is 0 Å². The Kier molecular flexibility index (Phi) is 3.10. The minimum Gasteiger partial charge on any atom is -0.327 e. The van der Waals surface area contributed by atoms with Gasteiger partial charge >= 0.3 is 0 Å². The van der Waals surface area contributed by atoms with E-state index in [0.717, 1.165) is 12.8 Å². The third-order valence-electron chi connectivity index (χ3n) is 2.50. The van der Waals surface area contributed by atoms with Crippen LogP contribution in [0.15, 0.2) is 17.9 Å². The average Bonchev–Trinajstić information content (AvgIpc) is 2.10. The Morgan fingerprint density at radius 1 is 1.42 bits per heavy atom. The second-order valence-corrected chi connectivity index (χ2v) is 3.26. The fraction of sp³-hybridized carbons (Fsp3) is 0.600. The molecule has 12 heavy (non-hydrogen) atoms. The zero-order chi connectivity index (χ0) is 8.97. The first kappa shape index (κ1) is 9.06. The van der Waals surface area contributed by atoms with Gasteiger partial charge in [0.25, 0.3) is 0 Å². The topological polar surface area (TPSA) is 49.8 Å². The van der Waals surface area contributed by atoms with Crippen LogP contribution in [0.4, 0.5) is 0 Å². The predicted molar refractivity (Wildman–Crippen MR) is 48.2 cm³/mol. The molecule has 0 spiro atoms. The third-order valence-corrected chi connectivity index (χ3v) is 2.50. The van der Waals surface area contributed by atoms with Gasteiger partial charge in [-0.1, -0.05) is 19.4 Å². The van der Waals surface area contributed by atoms with E-state index in [2.05, 4.69) is 18.4 Å². The van der Waals surface area contributed by atoms with Gasteiger partial charge in [-0.15, -0.1) is 5.73 Å². The largest absolute Gasteiger partial charge is 0.327 e. The van der Waals surface area contributed by atoms with Gasteiger partial charge in [-0.2, -0.15) is 5.26 Å². The first-order valence-corrected chi connectivity index (χ1v) is 4.35. The highest BCUT2D eigenvalue weighted by Gasteiger charge is 2.24. The number of rotatable bonds is 1. The van der Waals surface area contributed by atoms with Crippen LogP contribution < -0.4 is 5.73 Å². The highest BCUT2D eigenvalue weighted by atomic mass is 14.7. The van der Waals surface area contributed by atoms with Crippen LogP contribution in [0.1, 0.15) is 25.7 Å². The molecule has 0 saturated heterocycles. The maximum Gasteiger partial charge on any atom is 0.103 e. The van der Waals surface area contributed by atoms with Crippen LogP contribution in [-0.4, -0.2) is 6.04 Å². The van der Waals surface area contributed by atoms with E-state index in [1.165, 1.54) is 12.8 Å². The molecule has 2 N–H and O–H groups in total. The van der Waals surface area contributed by atoms with Crippen LogP contribution in [0.5, 0.6) is 0 Å². The van der Waals surface area contributed by atoms with Crippen molar-refractivity contribution in [1.82, 2.24) is 0 Å². The highest BCUT2D eigenvalue weighted by molar-refractivity contribution is 5.24. The Hall–Kier alpha value is -1.03. The fourth-order valence-corrected chi connectivity index (χ4v) is 1.77. The van der Waals surface area contributed by atoms with Gasteiger partial charge in [-0.3, -0.25) is 0 Å². The summed E-state index contributed by atoms with van der Waals surface area (Å²) in [4.78, 5) is 0. The van der Waals surface area contributed by atoms with Crippen molar-refractivity contribution in [2.45, 2.75) is 31.7 Å². The van der Waals surface area contributed by atoms with Gasteiger partial charge in [0, 0.05) is 12.0 Å². The van der Waals surface area contributed by atoms with Crippen molar-refractivity contribution >= 4 is 0 Å². The second-order valence-electron chi connectivity index (χ2n) is 3.26. The van der Waals surface area contributed by atoms with Gasteiger partial charge in [0.2, 0.25) is 0 Å². The normalized spacial score (nSPS) is 28.7. The summed E-state index contributed by atoms with van der Waals surface area (Å²) in [6.45, 7) is 3.50. The lowest BCUT2D eigenvalue weighted by Gasteiger charge is -2.26. The molecule has 0 aromatic heterocycles. The summed E-state index contributed by atoms with van der Waals surface area (Å²) in [6, 6.07) is 2.26. The summed E-state index contributed by atoms with van der Waals surface area (Å²) in [5.74, 6) is 0.209. The monoisotopic (exact) mass is 162 g/mol. The molecule has 0 radical (unpaired) electrons. The molecule has 2 nitrogen and oxygen atoms in total. The van der Waals surface area contributed by atoms with Crippen LogP contribution in [0.2, 0.25) is 0 Å². The number of hydrogen-bond acceptors (Lipinski definition) is 2. The average molecular weight is 162 g/mol. The quantitative estimate of drug-likeness (QED) is 0.471. The lowest BCUT2D eigenvalue weighted by Crippen LogP contribution is -2.33. The number of nitriles is 1. The van der Waals surface area contributed by atoms with E-state index in [-0.39, 0.29) is 12.0 Å². The number of nitrogens with two attached hydrogens (primary N) is 1. The van der Waals surface area contributed by atoms with Crippen LogP contribution in [0.25, 0.3) is 0 Å². The molecule has 0 bridgehead atoms. The van der Waals surface area contributed by atoms with Gasteiger partial charge in [-0.25, -0.2) is 0 Å². The van der Waals surface area contributed by atoms with Gasteiger partial charge in [-0.05, 0) is 12.8 Å². The van der Waals surface area contributed by atoms with E-state index in [0.29, 0.717) is 5.57 Å². The smallest absolute Gasteiger partial charge is 0.103 e. The van der Waals surface area contributed by atoms with Crippen LogP contribution >= 0.6 is 0 Å². The molecular formula is C10H14N2. The standard InChI is InChI=1S/C10H14N2/c1-2-8(7-11)9-5-3-4-6-10(9)12/h9-10H,1,3-6,12H2. The van der Waals surface area contributed by atoms with Crippen LogP contribution in [0.3, 0.4) is 0 Å². The van der Waals surface area contributed by atoms with Crippen LogP contribution in [0, 0.1) is 17.2 Å². The van der Waals surface area contributed by atoms with Gasteiger partial charge < -0.3 is 5.73 Å². The molecule has 2 heteroatoms. The van der Waals surface area contributed by atoms with Crippen molar-refractivity contribution in [2.75, 3.05) is 0 Å². The molecule has 0 amide bonds. The molecule has 64 valence electrons. The lowest BCUT2D eigenvalue weighted by atomic mass is 9.81. The van der Waals surface area contributed by atoms with Crippen molar-refractivity contribution in [1.29, 1.82) is 5.26 Å². The lowest BCUT2D eigenvalue weighted by molar-refractivity contribution is 0.353. The molecule has 0 aromatic carbocycles. The highest BCUT2D eigenvalue weighted by Crippen LogP contribution is 2.27. The first-order valence-electron chi connectivity index (χ1n) is 4.35. The van der Waals surface area contributed by atoms with E-state index in [9.17, 15) is 0 Å². The van der Waals surface area contributed by atoms with Crippen molar-refractivity contribution in [2.24, 2.45) is 11.7 Å². The Morgan fingerprint density at radius 2 is 2.08 bits per heavy atom. The molecule has 1 aliphatic rings. The predicted octanol–water partition coefficient (Wildman–Crippen LogP) is 1.74. The summed E-state index contributed by atoms with van der Waals surface area (Å²) < 4.78 is 0. The van der Waals surface area contributed by atoms with E-state index in [1.54, 1.807) is 0 Å². The van der Waals surface area contributed by atoms with Gasteiger partial charge in [0.1, 0.15) is 6.07 Å². The maximum absolute atomic E-state index is 8.75. The molecule has 1 aliphatic carbocycles. The molecule has 1 saturated carbocycles. The molecule has 0 aromatic rings. The summed E-state index contributed by atoms with van der Waals surface area (Å²) in [7, 11) is 0. The molecular weight excluding hydrogens is 148 g/mol. The van der Waals surface area contributed by atoms with E-state index in [1.807, 2.05) is 0 Å². The Labute approximate surface area is 73.4 Å². The SMILES string of the molecule is C=C=C(C#N)C1CCCCC1N. The zero-order valence-electron chi connectivity index (χ0n) is 7.21. The molecule has 2 atom stereocenters. The molecule has 2 unspecified atom stereocenters. The third kappa shape index (κ3) is 1.76. The molecule has 0 aliphatic heterocycles. The molecule has 1 rings (SSSR count). The van der Waals surface area contributed by atoms with E-state index < -0.39 is 0 Å². The number of nitrogens with zero attached hydrogens (tertiary/aromatic N) is 1. The van der Waals surface area contributed by atoms with Gasteiger partial charge in [0.05, 0.1) is 5.57 Å². The van der Waals surface area contributed by atoms with Crippen molar-refractivity contribution in [3.8, 4) is 6.07 Å². The number of hydrogen-bond donors (Lipinski definition) is 1. The molecule has 0 heterocycles. The fourth-order valence-electron chi connectivity index (χ4n) is 1.77. The van der Waals surface area contributed by atoms with Crippen molar-refractivity contribution in [3.63, 3.8) is 0 Å². The minimum atomic E-state index is 0.141. The Balaban J connectivity index is 2.73. The Morgan fingerprint density at radius 3 is 2.58 bits per heavy atom. The van der Waals surface area contributed by atoms with E-state index >= 15 is 0 Å². The van der Waals surface area contributed by atoms with Crippen molar-refractivity contribution in [3.05, 3.63) is 17.9 Å². The zero-order valence-corrected chi connectivity index (χ0v) is 7.21. The summed E-state index contributed by atoms with van der Waals surface area (Å²) in [6.07, 6.45) is 4.41. The summed E-state index contributed by atoms with van der Waals surface area (Å²) >= 11 is 0. The van der Waals surface area contributed by atoms with Gasteiger partial charge in [0.15, 0.2) is 0 Å². The minimum absolute atomic E-state index is 0.141. The second kappa shape index (κ2) is 4.11. The van der Waals surface area contributed by atoms with Crippen LogP contribution in [-0.2, 0) is 0 Å². The maximum atomic E-state index is 8.75. The van der Waals surface area contributed by atoms with E-state index in [4.69, 9.17) is 11.0 Å².